The third-order valence-electron chi connectivity index (χ3n) is 5.87. The molecular formula is C27H29NO4. The predicted molar refractivity (Wildman–Crippen MR) is 123 cm³/mol. The Morgan fingerprint density at radius 2 is 1.78 bits per heavy atom. The zero-order valence-electron chi connectivity index (χ0n) is 18.8. The smallest absolute Gasteiger partial charge is 0.336 e. The molecule has 32 heavy (non-hydrogen) atoms. The number of ether oxygens (including phenoxy) is 2. The van der Waals surface area contributed by atoms with Crippen molar-refractivity contribution in [1.29, 1.82) is 0 Å². The van der Waals surface area contributed by atoms with Gasteiger partial charge in [0.1, 0.15) is 18.1 Å². The molecule has 2 unspecified atom stereocenters. The quantitative estimate of drug-likeness (QED) is 0.649. The van der Waals surface area contributed by atoms with Gasteiger partial charge in [0.2, 0.25) is 0 Å². The van der Waals surface area contributed by atoms with E-state index >= 15 is 0 Å². The molecule has 1 aliphatic heterocycles. The van der Waals surface area contributed by atoms with Gasteiger partial charge in [0.15, 0.2) is 0 Å². The maximum Gasteiger partial charge on any atom is 0.336 e. The first-order chi connectivity index (χ1) is 15.5. The van der Waals surface area contributed by atoms with E-state index in [4.69, 9.17) is 9.47 Å². The molecule has 4 rings (SSSR count). The maximum atomic E-state index is 13.2. The Hall–Kier alpha value is -3.34. The van der Waals surface area contributed by atoms with Crippen LogP contribution in [0.15, 0.2) is 77.6 Å². The zero-order valence-corrected chi connectivity index (χ0v) is 18.8. The highest BCUT2D eigenvalue weighted by molar-refractivity contribution is 5.96. The van der Waals surface area contributed by atoms with E-state index in [-0.39, 0.29) is 11.9 Å². The lowest BCUT2D eigenvalue weighted by Crippen LogP contribution is -2.41. The van der Waals surface area contributed by atoms with E-state index in [0.717, 1.165) is 22.5 Å². The molecule has 0 amide bonds. The van der Waals surface area contributed by atoms with Gasteiger partial charge in [-0.2, -0.15) is 0 Å². The van der Waals surface area contributed by atoms with Gasteiger partial charge in [0.05, 0.1) is 17.6 Å². The summed E-state index contributed by atoms with van der Waals surface area (Å²) in [6.07, 6.45) is 2.98. The second kappa shape index (κ2) is 9.43. The van der Waals surface area contributed by atoms with Gasteiger partial charge in [0, 0.05) is 29.3 Å². The average molecular weight is 432 g/mol. The topological polar surface area (TPSA) is 64.6 Å². The number of carbonyl (C=O) groups is 2. The Bertz CT molecular complexity index is 1070. The number of rotatable bonds is 6. The van der Waals surface area contributed by atoms with E-state index in [9.17, 15) is 9.59 Å². The standard InChI is InChI=1S/C27H29NO4/c1-17(2)32-27(30)24-18(3)28-21-13-9-14-22(29)26(21)25(24)20-12-7-8-15-23(20)31-16-19-10-5-4-6-11-19/h4-8,10-13,15,17,25-26,28H,9,14,16H2,1-3H3. The van der Waals surface area contributed by atoms with Crippen molar-refractivity contribution in [1.82, 2.24) is 5.32 Å². The van der Waals surface area contributed by atoms with Gasteiger partial charge in [0.25, 0.3) is 0 Å². The monoisotopic (exact) mass is 431 g/mol. The van der Waals surface area contributed by atoms with Crippen molar-refractivity contribution in [2.24, 2.45) is 5.92 Å². The number of hydrogen-bond acceptors (Lipinski definition) is 5. The molecule has 1 N–H and O–H groups in total. The molecule has 0 bridgehead atoms. The molecule has 2 aliphatic rings. The summed E-state index contributed by atoms with van der Waals surface area (Å²) in [6, 6.07) is 17.6. The van der Waals surface area contributed by atoms with Crippen molar-refractivity contribution in [3.63, 3.8) is 0 Å². The fourth-order valence-corrected chi connectivity index (χ4v) is 4.50. The summed E-state index contributed by atoms with van der Waals surface area (Å²) in [4.78, 5) is 26.3. The van der Waals surface area contributed by atoms with Crippen LogP contribution in [0.5, 0.6) is 5.75 Å². The van der Waals surface area contributed by atoms with Crippen molar-refractivity contribution in [2.45, 2.75) is 52.2 Å². The molecule has 0 aromatic heterocycles. The Balaban J connectivity index is 1.78. The van der Waals surface area contributed by atoms with Crippen LogP contribution in [0.2, 0.25) is 0 Å². The Morgan fingerprint density at radius 1 is 1.06 bits per heavy atom. The van der Waals surface area contributed by atoms with E-state index in [2.05, 4.69) is 11.4 Å². The molecule has 0 saturated heterocycles. The third-order valence-corrected chi connectivity index (χ3v) is 5.87. The van der Waals surface area contributed by atoms with Gasteiger partial charge in [-0.05, 0) is 38.8 Å². The van der Waals surface area contributed by atoms with Crippen molar-refractivity contribution in [3.05, 3.63) is 88.8 Å². The second-order valence-electron chi connectivity index (χ2n) is 8.55. The molecule has 5 heteroatoms. The number of allylic oxidation sites excluding steroid dienone is 3. The molecule has 5 nitrogen and oxygen atoms in total. The van der Waals surface area contributed by atoms with E-state index in [1.165, 1.54) is 0 Å². The molecule has 0 saturated carbocycles. The largest absolute Gasteiger partial charge is 0.489 e. The summed E-state index contributed by atoms with van der Waals surface area (Å²) in [6.45, 7) is 5.92. The highest BCUT2D eigenvalue weighted by Crippen LogP contribution is 2.46. The lowest BCUT2D eigenvalue weighted by atomic mass is 9.71. The molecule has 2 aromatic carbocycles. The van der Waals surface area contributed by atoms with Crippen LogP contribution in [-0.4, -0.2) is 17.9 Å². The van der Waals surface area contributed by atoms with Crippen LogP contribution in [0.4, 0.5) is 0 Å². The maximum absolute atomic E-state index is 13.2. The second-order valence-corrected chi connectivity index (χ2v) is 8.55. The number of para-hydroxylation sites is 1. The van der Waals surface area contributed by atoms with E-state index in [1.807, 2.05) is 75.4 Å². The number of benzene rings is 2. The van der Waals surface area contributed by atoms with E-state index in [1.54, 1.807) is 0 Å². The van der Waals surface area contributed by atoms with E-state index in [0.29, 0.717) is 30.8 Å². The minimum Gasteiger partial charge on any atom is -0.489 e. The van der Waals surface area contributed by atoms with Gasteiger partial charge < -0.3 is 14.8 Å². The third kappa shape index (κ3) is 4.47. The predicted octanol–water partition coefficient (Wildman–Crippen LogP) is 5.04. The first kappa shape index (κ1) is 21.9. The molecule has 0 spiro atoms. The molecule has 166 valence electrons. The van der Waals surface area contributed by atoms with Gasteiger partial charge in [-0.3, -0.25) is 4.79 Å². The summed E-state index contributed by atoms with van der Waals surface area (Å²) in [7, 11) is 0. The van der Waals surface area contributed by atoms with Crippen molar-refractivity contribution in [3.8, 4) is 5.75 Å². The zero-order chi connectivity index (χ0) is 22.7. The van der Waals surface area contributed by atoms with Crippen molar-refractivity contribution in [2.75, 3.05) is 0 Å². The van der Waals surface area contributed by atoms with Crippen molar-refractivity contribution >= 4 is 11.8 Å². The van der Waals surface area contributed by atoms with E-state index < -0.39 is 17.8 Å². The first-order valence-corrected chi connectivity index (χ1v) is 11.1. The van der Waals surface area contributed by atoms with Crippen LogP contribution in [-0.2, 0) is 20.9 Å². The molecular weight excluding hydrogens is 402 g/mol. The fraction of sp³-hybridized carbons (Fsp3) is 0.333. The summed E-state index contributed by atoms with van der Waals surface area (Å²) >= 11 is 0. The minimum absolute atomic E-state index is 0.125. The molecule has 0 fully saturated rings. The van der Waals surface area contributed by atoms with Gasteiger partial charge >= 0.3 is 5.97 Å². The van der Waals surface area contributed by atoms with Crippen molar-refractivity contribution < 1.29 is 19.1 Å². The molecule has 2 aromatic rings. The molecule has 1 aliphatic carbocycles. The number of Topliss-reactive ketones (excluding diaryl/α,β-unsaturated/α-hetero) is 1. The number of nitrogens with one attached hydrogen (secondary N) is 1. The highest BCUT2D eigenvalue weighted by atomic mass is 16.5. The van der Waals surface area contributed by atoms with Gasteiger partial charge in [-0.1, -0.05) is 54.6 Å². The SMILES string of the molecule is CC1=C(C(=O)OC(C)C)C(c2ccccc2OCc2ccccc2)C2C(=O)CCC=C2N1. The van der Waals surface area contributed by atoms with Crippen LogP contribution in [0.25, 0.3) is 0 Å². The van der Waals surface area contributed by atoms with Crippen LogP contribution >= 0.6 is 0 Å². The molecule has 0 radical (unpaired) electrons. The summed E-state index contributed by atoms with van der Waals surface area (Å²) in [5.41, 5.74) is 3.95. The Kier molecular flexibility index (Phi) is 6.45. The summed E-state index contributed by atoms with van der Waals surface area (Å²) in [5, 5.41) is 3.31. The number of carbonyl (C=O) groups excluding carboxylic acids is 2. The highest BCUT2D eigenvalue weighted by Gasteiger charge is 2.44. The Morgan fingerprint density at radius 3 is 2.53 bits per heavy atom. The van der Waals surface area contributed by atoms with Crippen LogP contribution in [0, 0.1) is 5.92 Å². The van der Waals surface area contributed by atoms with Gasteiger partial charge in [-0.15, -0.1) is 0 Å². The number of hydrogen-bond donors (Lipinski definition) is 1. The molecule has 1 heterocycles. The number of ketones is 1. The minimum atomic E-state index is -0.464. The summed E-state index contributed by atoms with van der Waals surface area (Å²) < 4.78 is 11.8. The lowest BCUT2D eigenvalue weighted by molar-refractivity contribution is -0.143. The summed E-state index contributed by atoms with van der Waals surface area (Å²) in [5.74, 6) is -0.522. The number of esters is 1. The Labute approximate surface area is 189 Å². The van der Waals surface area contributed by atoms with Gasteiger partial charge in [-0.25, -0.2) is 4.79 Å². The molecule has 2 atom stereocenters. The number of fused-ring (bicyclic) bond motifs is 1. The average Bonchev–Trinajstić information content (AvgIpc) is 2.77. The normalized spacial score (nSPS) is 20.4. The first-order valence-electron chi connectivity index (χ1n) is 11.1. The van der Waals surface area contributed by atoms with Crippen LogP contribution < -0.4 is 10.1 Å². The van der Waals surface area contributed by atoms with Crippen LogP contribution in [0.1, 0.15) is 50.7 Å². The van der Waals surface area contributed by atoms with Crippen LogP contribution in [0.3, 0.4) is 0 Å². The lowest BCUT2D eigenvalue weighted by Gasteiger charge is -2.38. The fourth-order valence-electron chi connectivity index (χ4n) is 4.50.